The van der Waals surface area contributed by atoms with Crippen molar-refractivity contribution in [2.45, 2.75) is 39.0 Å². The first-order chi connectivity index (χ1) is 10.7. The van der Waals surface area contributed by atoms with E-state index in [1.807, 2.05) is 4.90 Å². The molecule has 118 valence electrons. The highest BCUT2D eigenvalue weighted by atomic mass is 16.5. The van der Waals surface area contributed by atoms with Gasteiger partial charge in [0.25, 0.3) is 5.89 Å². The molecule has 1 unspecified atom stereocenters. The Kier molecular flexibility index (Phi) is 4.47. The lowest BCUT2D eigenvalue weighted by Crippen LogP contribution is -2.44. The molecule has 0 N–H and O–H groups in total. The summed E-state index contributed by atoms with van der Waals surface area (Å²) < 4.78 is 12.6. The molecule has 8 nitrogen and oxygen atoms in total. The van der Waals surface area contributed by atoms with Gasteiger partial charge in [0.05, 0.1) is 12.4 Å². The van der Waals surface area contributed by atoms with Crippen molar-refractivity contribution in [3.8, 4) is 0 Å². The molecule has 3 heterocycles. The number of ether oxygens (including phenoxy) is 1. The number of amides is 1. The van der Waals surface area contributed by atoms with Crippen LogP contribution in [-0.4, -0.2) is 49.7 Å². The van der Waals surface area contributed by atoms with E-state index in [2.05, 4.69) is 15.1 Å². The number of hydrogen-bond acceptors (Lipinski definition) is 6. The van der Waals surface area contributed by atoms with E-state index in [-0.39, 0.29) is 18.6 Å². The van der Waals surface area contributed by atoms with E-state index in [1.165, 1.54) is 0 Å². The summed E-state index contributed by atoms with van der Waals surface area (Å²) in [6, 6.07) is 0. The molecule has 8 heteroatoms. The number of nitrogens with zero attached hydrogens (tertiary/aromatic N) is 5. The van der Waals surface area contributed by atoms with Gasteiger partial charge in [-0.2, -0.15) is 4.98 Å². The smallest absolute Gasteiger partial charge is 0.252 e. The van der Waals surface area contributed by atoms with Gasteiger partial charge in [-0.3, -0.25) is 4.79 Å². The monoisotopic (exact) mass is 305 g/mol. The first-order valence-corrected chi connectivity index (χ1v) is 7.35. The van der Waals surface area contributed by atoms with Gasteiger partial charge in [0, 0.05) is 25.5 Å². The normalized spacial score (nSPS) is 18.6. The summed E-state index contributed by atoms with van der Waals surface area (Å²) >= 11 is 0. The standard InChI is InChI=1S/C14H19N5O3/c1-11-16-13(22-17-11)9-21-12-3-2-5-19(7-12)14(20)8-18-6-4-15-10-18/h4,6,10,12H,2-3,5,7-9H2,1H3. The Hall–Kier alpha value is -2.22. The summed E-state index contributed by atoms with van der Waals surface area (Å²) in [4.78, 5) is 22.2. The minimum absolute atomic E-state index is 0.00712. The van der Waals surface area contributed by atoms with Crippen LogP contribution in [0.5, 0.6) is 0 Å². The lowest BCUT2D eigenvalue weighted by Gasteiger charge is -2.32. The van der Waals surface area contributed by atoms with Crippen LogP contribution in [0.1, 0.15) is 24.6 Å². The number of aromatic nitrogens is 4. The van der Waals surface area contributed by atoms with Gasteiger partial charge in [-0.1, -0.05) is 5.16 Å². The zero-order valence-corrected chi connectivity index (χ0v) is 12.5. The van der Waals surface area contributed by atoms with E-state index in [1.54, 1.807) is 30.2 Å². The highest BCUT2D eigenvalue weighted by molar-refractivity contribution is 5.76. The van der Waals surface area contributed by atoms with Crippen LogP contribution in [-0.2, 0) is 22.7 Å². The van der Waals surface area contributed by atoms with Crippen molar-refractivity contribution >= 4 is 5.91 Å². The molecule has 0 spiro atoms. The third-order valence-corrected chi connectivity index (χ3v) is 3.62. The number of aryl methyl sites for hydroxylation is 1. The van der Waals surface area contributed by atoms with E-state index < -0.39 is 0 Å². The van der Waals surface area contributed by atoms with Crippen LogP contribution in [0.4, 0.5) is 0 Å². The minimum atomic E-state index is 0.00712. The lowest BCUT2D eigenvalue weighted by molar-refractivity contribution is -0.136. The molecule has 1 aliphatic heterocycles. The van der Waals surface area contributed by atoms with E-state index in [9.17, 15) is 4.79 Å². The van der Waals surface area contributed by atoms with Crippen molar-refractivity contribution in [3.63, 3.8) is 0 Å². The Balaban J connectivity index is 1.49. The van der Waals surface area contributed by atoms with Gasteiger partial charge in [0.15, 0.2) is 5.82 Å². The number of imidazole rings is 1. The van der Waals surface area contributed by atoms with Crippen molar-refractivity contribution in [1.29, 1.82) is 0 Å². The van der Waals surface area contributed by atoms with Crippen LogP contribution in [0.25, 0.3) is 0 Å². The van der Waals surface area contributed by atoms with Crippen LogP contribution in [0.15, 0.2) is 23.2 Å². The largest absolute Gasteiger partial charge is 0.367 e. The van der Waals surface area contributed by atoms with E-state index >= 15 is 0 Å². The Morgan fingerprint density at radius 1 is 1.55 bits per heavy atom. The van der Waals surface area contributed by atoms with Crippen molar-refractivity contribution in [1.82, 2.24) is 24.6 Å². The summed E-state index contributed by atoms with van der Waals surface area (Å²) in [5.41, 5.74) is 0. The molecule has 0 radical (unpaired) electrons. The van der Waals surface area contributed by atoms with Crippen molar-refractivity contribution < 1.29 is 14.1 Å². The molecular formula is C14H19N5O3. The molecule has 2 aromatic heterocycles. The van der Waals surface area contributed by atoms with E-state index in [4.69, 9.17) is 9.26 Å². The Bertz CT molecular complexity index is 610. The van der Waals surface area contributed by atoms with Crippen LogP contribution in [0.2, 0.25) is 0 Å². The number of rotatable bonds is 5. The maximum atomic E-state index is 12.3. The van der Waals surface area contributed by atoms with Crippen molar-refractivity contribution in [2.75, 3.05) is 13.1 Å². The molecule has 1 aliphatic rings. The van der Waals surface area contributed by atoms with E-state index in [0.29, 0.717) is 24.8 Å². The maximum Gasteiger partial charge on any atom is 0.252 e. The fraction of sp³-hybridized carbons (Fsp3) is 0.571. The van der Waals surface area contributed by atoms with E-state index in [0.717, 1.165) is 19.4 Å². The minimum Gasteiger partial charge on any atom is -0.367 e. The summed E-state index contributed by atoms with van der Waals surface area (Å²) in [5, 5.41) is 3.73. The molecule has 3 rings (SSSR count). The lowest BCUT2D eigenvalue weighted by atomic mass is 10.1. The van der Waals surface area contributed by atoms with Crippen molar-refractivity contribution in [3.05, 3.63) is 30.4 Å². The van der Waals surface area contributed by atoms with Gasteiger partial charge in [-0.05, 0) is 19.8 Å². The van der Waals surface area contributed by atoms with Crippen LogP contribution in [0, 0.1) is 6.92 Å². The summed E-state index contributed by atoms with van der Waals surface area (Å²) in [5.74, 6) is 1.15. The molecule has 1 atom stereocenters. The zero-order valence-electron chi connectivity index (χ0n) is 12.5. The van der Waals surface area contributed by atoms with Gasteiger partial charge in [-0.25, -0.2) is 4.98 Å². The number of carbonyl (C=O) groups excluding carboxylic acids is 1. The second kappa shape index (κ2) is 6.69. The fourth-order valence-electron chi connectivity index (χ4n) is 2.53. The second-order valence-corrected chi connectivity index (χ2v) is 5.39. The van der Waals surface area contributed by atoms with Crippen LogP contribution >= 0.6 is 0 Å². The van der Waals surface area contributed by atoms with Gasteiger partial charge < -0.3 is 18.7 Å². The number of hydrogen-bond donors (Lipinski definition) is 0. The Morgan fingerprint density at radius 2 is 2.45 bits per heavy atom. The SMILES string of the molecule is Cc1noc(COC2CCCN(C(=O)Cn3ccnc3)C2)n1. The third kappa shape index (κ3) is 3.70. The van der Waals surface area contributed by atoms with Gasteiger partial charge in [0.1, 0.15) is 13.2 Å². The zero-order chi connectivity index (χ0) is 15.4. The molecule has 0 aliphatic carbocycles. The molecule has 1 fully saturated rings. The van der Waals surface area contributed by atoms with Crippen LogP contribution < -0.4 is 0 Å². The number of carbonyl (C=O) groups is 1. The predicted octanol–water partition coefficient (Wildman–Crippen LogP) is 0.782. The van der Waals surface area contributed by atoms with Gasteiger partial charge >= 0.3 is 0 Å². The van der Waals surface area contributed by atoms with Gasteiger partial charge in [-0.15, -0.1) is 0 Å². The predicted molar refractivity (Wildman–Crippen MR) is 75.7 cm³/mol. The Morgan fingerprint density at radius 3 is 3.18 bits per heavy atom. The number of likely N-dealkylation sites (tertiary alicyclic amines) is 1. The fourth-order valence-corrected chi connectivity index (χ4v) is 2.53. The molecule has 0 saturated carbocycles. The maximum absolute atomic E-state index is 12.3. The topological polar surface area (TPSA) is 86.3 Å². The molecule has 2 aromatic rings. The van der Waals surface area contributed by atoms with Gasteiger partial charge in [0.2, 0.25) is 5.91 Å². The number of piperidine rings is 1. The summed E-state index contributed by atoms with van der Waals surface area (Å²) in [6.45, 7) is 3.74. The average molecular weight is 305 g/mol. The molecule has 0 aromatic carbocycles. The molecule has 1 amide bonds. The molecule has 1 saturated heterocycles. The molecule has 0 bridgehead atoms. The highest BCUT2D eigenvalue weighted by Crippen LogP contribution is 2.15. The Labute approximate surface area is 128 Å². The highest BCUT2D eigenvalue weighted by Gasteiger charge is 2.24. The first kappa shape index (κ1) is 14.7. The molecular weight excluding hydrogens is 286 g/mol. The summed E-state index contributed by atoms with van der Waals surface area (Å²) in [6.07, 6.45) is 6.97. The average Bonchev–Trinajstić information content (AvgIpc) is 3.17. The first-order valence-electron chi connectivity index (χ1n) is 7.35. The third-order valence-electron chi connectivity index (χ3n) is 3.62. The van der Waals surface area contributed by atoms with Crippen molar-refractivity contribution in [2.24, 2.45) is 0 Å². The second-order valence-electron chi connectivity index (χ2n) is 5.39. The van der Waals surface area contributed by atoms with Crippen LogP contribution in [0.3, 0.4) is 0 Å². The summed E-state index contributed by atoms with van der Waals surface area (Å²) in [7, 11) is 0. The quantitative estimate of drug-likeness (QED) is 0.811. The molecule has 22 heavy (non-hydrogen) atoms.